The van der Waals surface area contributed by atoms with Gasteiger partial charge >= 0.3 is 0 Å². The van der Waals surface area contributed by atoms with Crippen molar-refractivity contribution in [3.63, 3.8) is 0 Å². The summed E-state index contributed by atoms with van der Waals surface area (Å²) >= 11 is 0. The molecule has 1 aliphatic carbocycles. The first-order valence-corrected chi connectivity index (χ1v) is 9.70. The number of anilines is 3. The topological polar surface area (TPSA) is 74.0 Å². The minimum absolute atomic E-state index is 0.229. The normalized spacial score (nSPS) is 17.6. The molecule has 1 amide bonds. The van der Waals surface area contributed by atoms with Crippen LogP contribution in [0.15, 0.2) is 30.6 Å². The SMILES string of the molecule is CCc1cc(C#N)cc(F)c1N(C)c1cc(NC(=O)[C@@H]2C[C@@H]2F)c2ncn(C)c2c1. The van der Waals surface area contributed by atoms with Crippen molar-refractivity contribution in [1.29, 1.82) is 5.26 Å². The number of nitriles is 1. The first kappa shape index (κ1) is 19.8. The van der Waals surface area contributed by atoms with E-state index >= 15 is 0 Å². The van der Waals surface area contributed by atoms with Crippen molar-refractivity contribution in [2.24, 2.45) is 13.0 Å². The van der Waals surface area contributed by atoms with Crippen molar-refractivity contribution in [2.75, 3.05) is 17.3 Å². The number of aryl methyl sites for hydroxylation is 2. The fourth-order valence-corrected chi connectivity index (χ4v) is 3.66. The Hall–Kier alpha value is -3.47. The average Bonchev–Trinajstić information content (AvgIpc) is 3.35. The highest BCUT2D eigenvalue weighted by atomic mass is 19.1. The van der Waals surface area contributed by atoms with Crippen LogP contribution in [-0.2, 0) is 18.3 Å². The molecule has 0 spiro atoms. The Bertz CT molecular complexity index is 1200. The summed E-state index contributed by atoms with van der Waals surface area (Å²) in [5.41, 5.74) is 3.73. The van der Waals surface area contributed by atoms with Gasteiger partial charge in [-0.25, -0.2) is 13.8 Å². The number of hydrogen-bond acceptors (Lipinski definition) is 4. The molecule has 30 heavy (non-hydrogen) atoms. The second kappa shape index (κ2) is 7.41. The maximum Gasteiger partial charge on any atom is 0.230 e. The molecule has 3 aromatic rings. The van der Waals surface area contributed by atoms with Gasteiger partial charge in [-0.15, -0.1) is 0 Å². The van der Waals surface area contributed by atoms with E-state index in [1.165, 1.54) is 6.07 Å². The standard InChI is InChI=1S/C22H21F2N5O/c1-4-13-5-12(10-25)6-17(24)21(13)29(3)14-7-18(27-22(30)15-9-16(15)23)20-19(8-14)28(2)11-26-20/h5-8,11,15-16H,4,9H2,1-3H3,(H,27,30)/t15-,16+/m1/s1. The van der Waals surface area contributed by atoms with E-state index in [1.54, 1.807) is 35.0 Å². The monoisotopic (exact) mass is 409 g/mol. The Balaban J connectivity index is 1.80. The van der Waals surface area contributed by atoms with Gasteiger partial charge < -0.3 is 14.8 Å². The van der Waals surface area contributed by atoms with Gasteiger partial charge in [-0.05, 0) is 42.7 Å². The number of rotatable bonds is 5. The zero-order valence-corrected chi connectivity index (χ0v) is 16.9. The van der Waals surface area contributed by atoms with Gasteiger partial charge in [0, 0.05) is 19.8 Å². The molecule has 1 N–H and O–H groups in total. The Labute approximate surface area is 172 Å². The van der Waals surface area contributed by atoms with Gasteiger partial charge in [0.1, 0.15) is 17.5 Å². The quantitative estimate of drug-likeness (QED) is 0.685. The molecule has 1 heterocycles. The van der Waals surface area contributed by atoms with E-state index in [2.05, 4.69) is 10.3 Å². The minimum atomic E-state index is -1.10. The number of amides is 1. The Morgan fingerprint density at radius 1 is 1.40 bits per heavy atom. The van der Waals surface area contributed by atoms with Crippen LogP contribution in [0.1, 0.15) is 24.5 Å². The molecule has 6 nitrogen and oxygen atoms in total. The molecule has 1 saturated carbocycles. The summed E-state index contributed by atoms with van der Waals surface area (Å²) in [6.07, 6.45) is 1.30. The number of fused-ring (bicyclic) bond motifs is 1. The third-order valence-corrected chi connectivity index (χ3v) is 5.50. The van der Waals surface area contributed by atoms with Crippen LogP contribution < -0.4 is 10.2 Å². The third-order valence-electron chi connectivity index (χ3n) is 5.50. The van der Waals surface area contributed by atoms with E-state index in [4.69, 9.17) is 5.26 Å². The Kier molecular flexibility index (Phi) is 4.90. The summed E-state index contributed by atoms with van der Waals surface area (Å²) in [6.45, 7) is 1.90. The lowest BCUT2D eigenvalue weighted by atomic mass is 10.0. The average molecular weight is 409 g/mol. The molecule has 2 atom stereocenters. The number of aromatic nitrogens is 2. The number of imidazole rings is 1. The van der Waals surface area contributed by atoms with Crippen LogP contribution in [0.3, 0.4) is 0 Å². The third kappa shape index (κ3) is 3.36. The van der Waals surface area contributed by atoms with Crippen molar-refractivity contribution in [1.82, 2.24) is 9.55 Å². The highest BCUT2D eigenvalue weighted by molar-refractivity contribution is 6.03. The van der Waals surface area contributed by atoms with Crippen LogP contribution in [-0.4, -0.2) is 28.7 Å². The summed E-state index contributed by atoms with van der Waals surface area (Å²) in [7, 11) is 3.55. The minimum Gasteiger partial charge on any atom is -0.342 e. The molecular weight excluding hydrogens is 388 g/mol. The highest BCUT2D eigenvalue weighted by Gasteiger charge is 2.43. The summed E-state index contributed by atoms with van der Waals surface area (Å²) in [4.78, 5) is 18.4. The van der Waals surface area contributed by atoms with Gasteiger partial charge in [0.2, 0.25) is 5.91 Å². The molecule has 0 unspecified atom stereocenters. The lowest BCUT2D eigenvalue weighted by Crippen LogP contribution is -2.17. The van der Waals surface area contributed by atoms with Gasteiger partial charge in [0.25, 0.3) is 0 Å². The number of nitrogens with zero attached hydrogens (tertiary/aromatic N) is 4. The predicted molar refractivity (Wildman–Crippen MR) is 111 cm³/mol. The van der Waals surface area contributed by atoms with E-state index in [1.807, 2.05) is 26.1 Å². The van der Waals surface area contributed by atoms with Crippen LogP contribution in [0.2, 0.25) is 0 Å². The molecule has 0 saturated heterocycles. The summed E-state index contributed by atoms with van der Waals surface area (Å²) in [5, 5.41) is 11.9. The molecule has 1 fully saturated rings. The first-order valence-electron chi connectivity index (χ1n) is 9.70. The Morgan fingerprint density at radius 3 is 2.77 bits per heavy atom. The van der Waals surface area contributed by atoms with E-state index in [0.717, 1.165) is 5.52 Å². The first-order chi connectivity index (χ1) is 14.3. The van der Waals surface area contributed by atoms with Gasteiger partial charge in [0.05, 0.1) is 40.8 Å². The fraction of sp³-hybridized carbons (Fsp3) is 0.318. The van der Waals surface area contributed by atoms with Crippen LogP contribution in [0, 0.1) is 23.1 Å². The van der Waals surface area contributed by atoms with Crippen molar-refractivity contribution in [2.45, 2.75) is 25.9 Å². The van der Waals surface area contributed by atoms with Crippen molar-refractivity contribution < 1.29 is 13.6 Å². The second-order valence-corrected chi connectivity index (χ2v) is 7.55. The van der Waals surface area contributed by atoms with E-state index < -0.39 is 17.9 Å². The van der Waals surface area contributed by atoms with Gasteiger partial charge in [0.15, 0.2) is 0 Å². The number of nitrogens with one attached hydrogen (secondary N) is 1. The molecule has 4 rings (SSSR count). The van der Waals surface area contributed by atoms with E-state index in [-0.39, 0.29) is 17.9 Å². The maximum absolute atomic E-state index is 14.9. The zero-order chi connectivity index (χ0) is 21.6. The number of hydrogen-bond donors (Lipinski definition) is 1. The van der Waals surface area contributed by atoms with E-state index in [9.17, 15) is 13.6 Å². The summed E-state index contributed by atoms with van der Waals surface area (Å²) in [6, 6.07) is 8.43. The zero-order valence-electron chi connectivity index (χ0n) is 16.9. The molecule has 0 bridgehead atoms. The van der Waals surface area contributed by atoms with Crippen molar-refractivity contribution in [3.05, 3.63) is 47.5 Å². The van der Waals surface area contributed by atoms with Gasteiger partial charge in [-0.3, -0.25) is 4.79 Å². The highest BCUT2D eigenvalue weighted by Crippen LogP contribution is 2.38. The number of alkyl halides is 1. The molecule has 0 aliphatic heterocycles. The van der Waals surface area contributed by atoms with Crippen LogP contribution in [0.5, 0.6) is 0 Å². The molecule has 0 radical (unpaired) electrons. The number of halogens is 2. The molecule has 154 valence electrons. The number of carbonyl (C=O) groups is 1. The van der Waals surface area contributed by atoms with Gasteiger partial charge in [-0.2, -0.15) is 5.26 Å². The smallest absolute Gasteiger partial charge is 0.230 e. The molecule has 1 aliphatic rings. The van der Waals surface area contributed by atoms with Crippen LogP contribution in [0.25, 0.3) is 11.0 Å². The lowest BCUT2D eigenvalue weighted by molar-refractivity contribution is -0.117. The van der Waals surface area contributed by atoms with E-state index in [0.29, 0.717) is 34.6 Å². The van der Waals surface area contributed by atoms with Crippen LogP contribution >= 0.6 is 0 Å². The van der Waals surface area contributed by atoms with Crippen molar-refractivity contribution in [3.8, 4) is 6.07 Å². The lowest BCUT2D eigenvalue weighted by Gasteiger charge is -2.24. The number of carbonyl (C=O) groups excluding carboxylic acids is 1. The maximum atomic E-state index is 14.9. The second-order valence-electron chi connectivity index (χ2n) is 7.55. The summed E-state index contributed by atoms with van der Waals surface area (Å²) in [5.74, 6) is -1.51. The molecule has 1 aromatic heterocycles. The van der Waals surface area contributed by atoms with Crippen molar-refractivity contribution >= 4 is 34.0 Å². The predicted octanol–water partition coefficient (Wildman–Crippen LogP) is 4.21. The molecule has 8 heteroatoms. The van der Waals surface area contributed by atoms with Gasteiger partial charge in [-0.1, -0.05) is 6.92 Å². The molecular formula is C22H21F2N5O. The number of benzene rings is 2. The largest absolute Gasteiger partial charge is 0.342 e. The molecule has 2 aromatic carbocycles. The summed E-state index contributed by atoms with van der Waals surface area (Å²) < 4.78 is 30.0. The Morgan fingerprint density at radius 2 is 2.13 bits per heavy atom. The fourth-order valence-electron chi connectivity index (χ4n) is 3.66. The van der Waals surface area contributed by atoms with Crippen LogP contribution in [0.4, 0.5) is 25.8 Å².